The van der Waals surface area contributed by atoms with Crippen LogP contribution in [-0.4, -0.2) is 61.2 Å². The van der Waals surface area contributed by atoms with Crippen LogP contribution in [0.3, 0.4) is 0 Å². The first-order valence-corrected chi connectivity index (χ1v) is 14.2. The zero-order valence-corrected chi connectivity index (χ0v) is 23.0. The van der Waals surface area contributed by atoms with Crippen molar-refractivity contribution < 1.29 is 14.0 Å². The zero-order valence-electron chi connectivity index (χ0n) is 22.2. The average Bonchev–Trinajstić information content (AvgIpc) is 3.61. The standard InChI is InChI=1S/C28H30FN7O3S/c1-18-22(13-19(14-30-18)32-24(37)17-35-11-4-8-28(35)6-3-7-28)33-25(38)21-15-31-36-16-23(40-27(21)36)20-5-2-10-34(12-9-29)26(20)39/h2,5,10,13-16H,3-4,6-9,11-12,17H2,1H3,(H,32,37)(H,33,38). The van der Waals surface area contributed by atoms with Gasteiger partial charge in [0.2, 0.25) is 5.91 Å². The second-order valence-corrected chi connectivity index (χ2v) is 11.5. The van der Waals surface area contributed by atoms with Crippen LogP contribution in [0.5, 0.6) is 0 Å². The van der Waals surface area contributed by atoms with E-state index in [0.717, 1.165) is 13.0 Å². The molecule has 4 aromatic heterocycles. The summed E-state index contributed by atoms with van der Waals surface area (Å²) >= 11 is 1.26. The summed E-state index contributed by atoms with van der Waals surface area (Å²) in [4.78, 5) is 46.7. The fourth-order valence-corrected chi connectivity index (χ4v) is 6.82. The zero-order chi connectivity index (χ0) is 27.9. The third kappa shape index (κ3) is 4.81. The van der Waals surface area contributed by atoms with Crippen molar-refractivity contribution in [2.75, 3.05) is 30.4 Å². The molecule has 0 atom stereocenters. The molecule has 6 rings (SSSR count). The van der Waals surface area contributed by atoms with Crippen LogP contribution in [-0.2, 0) is 11.3 Å². The first kappa shape index (κ1) is 26.3. The number of halogens is 1. The third-order valence-electron chi connectivity index (χ3n) is 8.03. The minimum Gasteiger partial charge on any atom is -0.324 e. The highest BCUT2D eigenvalue weighted by Gasteiger charge is 2.45. The Balaban J connectivity index is 1.18. The first-order chi connectivity index (χ1) is 19.4. The summed E-state index contributed by atoms with van der Waals surface area (Å²) in [7, 11) is 0. The normalized spacial score (nSPS) is 16.4. The molecule has 1 spiro atoms. The van der Waals surface area contributed by atoms with Gasteiger partial charge in [-0.2, -0.15) is 5.10 Å². The van der Waals surface area contributed by atoms with Crippen LogP contribution in [0.4, 0.5) is 15.8 Å². The van der Waals surface area contributed by atoms with Gasteiger partial charge in [-0.15, -0.1) is 11.3 Å². The number of carbonyl (C=O) groups excluding carboxylic acids is 2. The Kier molecular flexibility index (Phi) is 6.97. The van der Waals surface area contributed by atoms with E-state index in [1.165, 1.54) is 47.8 Å². The van der Waals surface area contributed by atoms with Crippen molar-refractivity contribution in [3.05, 3.63) is 64.6 Å². The monoisotopic (exact) mass is 563 g/mol. The lowest BCUT2D eigenvalue weighted by atomic mass is 9.75. The van der Waals surface area contributed by atoms with Gasteiger partial charge in [-0.1, -0.05) is 0 Å². The van der Waals surface area contributed by atoms with E-state index in [-0.39, 0.29) is 29.5 Å². The average molecular weight is 564 g/mol. The van der Waals surface area contributed by atoms with Crippen molar-refractivity contribution in [2.45, 2.75) is 51.1 Å². The Bertz CT molecular complexity index is 1660. The Hall–Kier alpha value is -3.90. The summed E-state index contributed by atoms with van der Waals surface area (Å²) in [6, 6.07) is 5.08. The number of carbonyl (C=O) groups is 2. The van der Waals surface area contributed by atoms with Crippen molar-refractivity contribution >= 4 is 39.4 Å². The number of aryl methyl sites for hydroxylation is 2. The quantitative estimate of drug-likeness (QED) is 0.334. The first-order valence-electron chi connectivity index (χ1n) is 13.4. The molecule has 2 amide bonds. The van der Waals surface area contributed by atoms with Gasteiger partial charge in [0.1, 0.15) is 11.5 Å². The molecule has 208 valence electrons. The summed E-state index contributed by atoms with van der Waals surface area (Å²) in [5.41, 5.74) is 2.26. The van der Waals surface area contributed by atoms with E-state index in [1.54, 1.807) is 48.2 Å². The van der Waals surface area contributed by atoms with Crippen LogP contribution in [0.1, 0.15) is 48.2 Å². The highest BCUT2D eigenvalue weighted by Crippen LogP contribution is 2.45. The molecule has 1 aliphatic carbocycles. The summed E-state index contributed by atoms with van der Waals surface area (Å²) in [6.07, 6.45) is 12.1. The Morgan fingerprint density at radius 1 is 1.18 bits per heavy atom. The number of amides is 2. The molecule has 4 aromatic rings. The molecule has 0 bridgehead atoms. The van der Waals surface area contributed by atoms with Gasteiger partial charge in [-0.3, -0.25) is 24.3 Å². The number of rotatable bonds is 8. The van der Waals surface area contributed by atoms with Gasteiger partial charge in [-0.05, 0) is 63.8 Å². The van der Waals surface area contributed by atoms with E-state index in [4.69, 9.17) is 0 Å². The predicted molar refractivity (Wildman–Crippen MR) is 152 cm³/mol. The fraction of sp³-hybridized carbons (Fsp3) is 0.393. The van der Waals surface area contributed by atoms with E-state index in [2.05, 4.69) is 25.6 Å². The van der Waals surface area contributed by atoms with E-state index >= 15 is 0 Å². The fourth-order valence-electron chi connectivity index (χ4n) is 5.74. The van der Waals surface area contributed by atoms with E-state index in [0.29, 0.717) is 44.4 Å². The molecule has 1 aliphatic heterocycles. The van der Waals surface area contributed by atoms with Crippen molar-refractivity contribution in [3.8, 4) is 10.4 Å². The number of hydrogen-bond donors (Lipinski definition) is 2. The number of fused-ring (bicyclic) bond motifs is 1. The van der Waals surface area contributed by atoms with Crippen molar-refractivity contribution in [3.63, 3.8) is 0 Å². The molecule has 2 fully saturated rings. The maximum Gasteiger partial charge on any atom is 0.260 e. The largest absolute Gasteiger partial charge is 0.324 e. The molecule has 2 N–H and O–H groups in total. The van der Waals surface area contributed by atoms with Crippen LogP contribution >= 0.6 is 11.3 Å². The van der Waals surface area contributed by atoms with E-state index < -0.39 is 6.67 Å². The lowest BCUT2D eigenvalue weighted by Crippen LogP contribution is -2.51. The molecule has 5 heterocycles. The topological polar surface area (TPSA) is 114 Å². The highest BCUT2D eigenvalue weighted by atomic mass is 32.1. The third-order valence-corrected chi connectivity index (χ3v) is 9.18. The smallest absolute Gasteiger partial charge is 0.260 e. The SMILES string of the molecule is Cc1ncc(NC(=O)CN2CCCC23CCC3)cc1NC(=O)c1cnn2cc(-c3cccn(CCF)c3=O)sc12. The maximum atomic E-state index is 13.3. The predicted octanol–water partition coefficient (Wildman–Crippen LogP) is 4.11. The van der Waals surface area contributed by atoms with Crippen LogP contribution in [0, 0.1) is 6.92 Å². The lowest BCUT2D eigenvalue weighted by molar-refractivity contribution is -0.119. The Labute approximate surface area is 233 Å². The molecule has 0 radical (unpaired) electrons. The van der Waals surface area contributed by atoms with Gasteiger partial charge < -0.3 is 15.2 Å². The lowest BCUT2D eigenvalue weighted by Gasteiger charge is -2.45. The number of anilines is 2. The summed E-state index contributed by atoms with van der Waals surface area (Å²) < 4.78 is 15.7. The number of alkyl halides is 1. The number of likely N-dealkylation sites (tertiary alicyclic amines) is 1. The van der Waals surface area contributed by atoms with Gasteiger partial charge in [0, 0.05) is 17.9 Å². The van der Waals surface area contributed by atoms with Gasteiger partial charge >= 0.3 is 0 Å². The van der Waals surface area contributed by atoms with Crippen LogP contribution in [0.25, 0.3) is 15.3 Å². The van der Waals surface area contributed by atoms with Crippen molar-refractivity contribution in [1.82, 2.24) is 24.1 Å². The minimum atomic E-state index is -0.639. The van der Waals surface area contributed by atoms with Gasteiger partial charge in [0.15, 0.2) is 0 Å². The highest BCUT2D eigenvalue weighted by molar-refractivity contribution is 7.21. The molecule has 10 nitrogen and oxygen atoms in total. The molecular weight excluding hydrogens is 533 g/mol. The summed E-state index contributed by atoms with van der Waals surface area (Å²) in [5, 5.41) is 10.1. The summed E-state index contributed by atoms with van der Waals surface area (Å²) in [5.74, 6) is -0.476. The van der Waals surface area contributed by atoms with Gasteiger partial charge in [0.05, 0.1) is 58.6 Å². The summed E-state index contributed by atoms with van der Waals surface area (Å²) in [6.45, 7) is 2.42. The molecular formula is C28H30FN7O3S. The maximum absolute atomic E-state index is 13.3. The number of nitrogens with zero attached hydrogens (tertiary/aromatic N) is 5. The Morgan fingerprint density at radius 2 is 2.00 bits per heavy atom. The second-order valence-electron chi connectivity index (χ2n) is 10.5. The van der Waals surface area contributed by atoms with Gasteiger partial charge in [-0.25, -0.2) is 8.91 Å². The number of thiazole rings is 1. The Morgan fingerprint density at radius 3 is 2.77 bits per heavy atom. The van der Waals surface area contributed by atoms with Crippen LogP contribution in [0.2, 0.25) is 0 Å². The number of pyridine rings is 2. The molecule has 12 heteroatoms. The molecule has 40 heavy (non-hydrogen) atoms. The molecule has 0 unspecified atom stereocenters. The number of hydrogen-bond acceptors (Lipinski definition) is 7. The molecule has 1 saturated heterocycles. The molecule has 2 aliphatic rings. The minimum absolute atomic E-state index is 0.0191. The molecule has 1 saturated carbocycles. The van der Waals surface area contributed by atoms with Gasteiger partial charge in [0.25, 0.3) is 11.5 Å². The van der Waals surface area contributed by atoms with E-state index in [9.17, 15) is 18.8 Å². The molecule has 0 aromatic carbocycles. The van der Waals surface area contributed by atoms with Crippen LogP contribution < -0.4 is 16.2 Å². The second kappa shape index (κ2) is 10.6. The van der Waals surface area contributed by atoms with Crippen LogP contribution in [0.15, 0.2) is 47.8 Å². The number of aromatic nitrogens is 4. The van der Waals surface area contributed by atoms with Crippen molar-refractivity contribution in [1.29, 1.82) is 0 Å². The number of nitrogens with one attached hydrogen (secondary N) is 2. The van der Waals surface area contributed by atoms with Crippen molar-refractivity contribution in [2.24, 2.45) is 0 Å². The van der Waals surface area contributed by atoms with E-state index in [1.807, 2.05) is 0 Å².